The molecular weight excluding hydrogens is 387 g/mol. The molecule has 1 aliphatic rings. The summed E-state index contributed by atoms with van der Waals surface area (Å²) in [6, 6.07) is 9.41. The zero-order valence-electron chi connectivity index (χ0n) is 15.2. The third-order valence-electron chi connectivity index (χ3n) is 4.85. The second-order valence-electron chi connectivity index (χ2n) is 6.63. The number of aromatic nitrogens is 2. The number of methoxy groups -OCH3 is 1. The number of nitrogens with zero attached hydrogens (tertiary/aromatic N) is 2. The number of carbonyl (C=O) groups is 1. The van der Waals surface area contributed by atoms with Crippen LogP contribution in [0.5, 0.6) is 11.5 Å². The first-order chi connectivity index (χ1) is 13.8. The molecule has 29 heavy (non-hydrogen) atoms. The normalized spacial score (nSPS) is 16.3. The van der Waals surface area contributed by atoms with Crippen molar-refractivity contribution in [2.24, 2.45) is 0 Å². The minimum absolute atomic E-state index is 0.0213. The van der Waals surface area contributed by atoms with E-state index < -0.39 is 11.7 Å². The first-order valence-electron chi connectivity index (χ1n) is 8.69. The van der Waals surface area contributed by atoms with Gasteiger partial charge >= 0.3 is 6.18 Å². The largest absolute Gasteiger partial charge is 0.504 e. The Morgan fingerprint density at radius 2 is 1.93 bits per heavy atom. The Hall–Kier alpha value is -3.49. The lowest BCUT2D eigenvalue weighted by atomic mass is 9.89. The van der Waals surface area contributed by atoms with Gasteiger partial charge in [-0.3, -0.25) is 9.36 Å². The number of ether oxygens (including phenoxy) is 1. The number of benzene rings is 2. The van der Waals surface area contributed by atoms with Crippen LogP contribution < -0.4 is 10.1 Å². The molecule has 2 heterocycles. The van der Waals surface area contributed by atoms with Gasteiger partial charge in [0.05, 0.1) is 18.4 Å². The van der Waals surface area contributed by atoms with E-state index in [0.717, 1.165) is 17.7 Å². The van der Waals surface area contributed by atoms with Crippen molar-refractivity contribution in [1.29, 1.82) is 0 Å². The Labute approximate surface area is 163 Å². The van der Waals surface area contributed by atoms with Gasteiger partial charge in [0.1, 0.15) is 12.1 Å². The number of phenolic OH excluding ortho intramolecular Hbond substituents is 1. The summed E-state index contributed by atoms with van der Waals surface area (Å²) in [5, 5.41) is 12.6. The molecule has 1 atom stereocenters. The maximum atomic E-state index is 12.8. The van der Waals surface area contributed by atoms with E-state index in [1.165, 1.54) is 36.2 Å². The Bertz CT molecular complexity index is 1070. The Kier molecular flexibility index (Phi) is 4.45. The van der Waals surface area contributed by atoms with E-state index >= 15 is 0 Å². The number of amides is 1. The lowest BCUT2D eigenvalue weighted by molar-refractivity contribution is -0.137. The average molecular weight is 403 g/mol. The molecule has 4 rings (SSSR count). The molecule has 1 unspecified atom stereocenters. The second-order valence-corrected chi connectivity index (χ2v) is 6.63. The van der Waals surface area contributed by atoms with Gasteiger partial charge in [0.15, 0.2) is 11.5 Å². The quantitative estimate of drug-likeness (QED) is 0.691. The maximum Gasteiger partial charge on any atom is 0.416 e. The Morgan fingerprint density at radius 1 is 1.21 bits per heavy atom. The fraction of sp³-hybridized carbons (Fsp3) is 0.200. The summed E-state index contributed by atoms with van der Waals surface area (Å²) in [4.78, 5) is 16.7. The van der Waals surface area contributed by atoms with E-state index in [9.17, 15) is 23.1 Å². The maximum absolute atomic E-state index is 12.8. The number of nitrogens with one attached hydrogen (secondary N) is 1. The molecule has 1 aliphatic heterocycles. The van der Waals surface area contributed by atoms with E-state index in [4.69, 9.17) is 4.74 Å². The minimum Gasteiger partial charge on any atom is -0.504 e. The minimum atomic E-state index is -4.43. The third kappa shape index (κ3) is 3.39. The van der Waals surface area contributed by atoms with Gasteiger partial charge in [-0.15, -0.1) is 0 Å². The standard InChI is InChI=1S/C20H16F3N3O3/c1-29-16-8-11(2-7-15(16)27)14-9-17(28)25-19-18(14)24-10-26(19)13-5-3-12(4-6-13)20(21,22)23/h2-8,10,14,27H,9H2,1H3,(H,25,28). The van der Waals surface area contributed by atoms with Crippen LogP contribution in [0.1, 0.15) is 29.2 Å². The van der Waals surface area contributed by atoms with Crippen molar-refractivity contribution in [2.75, 3.05) is 12.4 Å². The van der Waals surface area contributed by atoms with Gasteiger partial charge in [-0.05, 0) is 42.0 Å². The summed E-state index contributed by atoms with van der Waals surface area (Å²) in [6.07, 6.45) is -2.82. The zero-order valence-corrected chi connectivity index (χ0v) is 15.2. The summed E-state index contributed by atoms with van der Waals surface area (Å²) in [5.41, 5.74) is 0.995. The molecular formula is C20H16F3N3O3. The average Bonchev–Trinajstić information content (AvgIpc) is 3.11. The number of alkyl halides is 3. The first kappa shape index (κ1) is 18.9. The van der Waals surface area contributed by atoms with Crippen LogP contribution >= 0.6 is 0 Å². The highest BCUT2D eigenvalue weighted by atomic mass is 19.4. The molecule has 2 aromatic carbocycles. The molecule has 6 nitrogen and oxygen atoms in total. The van der Waals surface area contributed by atoms with Gasteiger partial charge in [0, 0.05) is 18.0 Å². The molecule has 0 fully saturated rings. The smallest absolute Gasteiger partial charge is 0.416 e. The summed E-state index contributed by atoms with van der Waals surface area (Å²) in [7, 11) is 1.43. The number of imidazole rings is 1. The molecule has 0 spiro atoms. The number of halogens is 3. The Morgan fingerprint density at radius 3 is 2.59 bits per heavy atom. The van der Waals surface area contributed by atoms with Crippen LogP contribution in [-0.2, 0) is 11.0 Å². The molecule has 1 aromatic heterocycles. The summed E-state index contributed by atoms with van der Waals surface area (Å²) < 4.78 is 45.1. The summed E-state index contributed by atoms with van der Waals surface area (Å²) in [5.74, 6) is 0.0226. The monoisotopic (exact) mass is 403 g/mol. The SMILES string of the molecule is COc1cc(C2CC(=O)Nc3c2ncn3-c2ccc(C(F)(F)F)cc2)ccc1O. The van der Waals surface area contributed by atoms with Crippen LogP contribution in [0.15, 0.2) is 48.8 Å². The topological polar surface area (TPSA) is 76.4 Å². The lowest BCUT2D eigenvalue weighted by Crippen LogP contribution is -2.25. The molecule has 150 valence electrons. The molecule has 0 radical (unpaired) electrons. The van der Waals surface area contributed by atoms with Crippen LogP contribution in [0.25, 0.3) is 5.69 Å². The van der Waals surface area contributed by atoms with Crippen molar-refractivity contribution in [3.63, 3.8) is 0 Å². The summed E-state index contributed by atoms with van der Waals surface area (Å²) in [6.45, 7) is 0. The van der Waals surface area contributed by atoms with Crippen molar-refractivity contribution < 1.29 is 27.8 Å². The van der Waals surface area contributed by atoms with Gasteiger partial charge in [0.2, 0.25) is 5.91 Å². The number of phenols is 1. The van der Waals surface area contributed by atoms with E-state index in [0.29, 0.717) is 17.2 Å². The molecule has 1 amide bonds. The second kappa shape index (κ2) is 6.84. The molecule has 3 aromatic rings. The molecule has 0 saturated carbocycles. The Balaban J connectivity index is 1.75. The van der Waals surface area contributed by atoms with Gasteiger partial charge in [-0.25, -0.2) is 4.98 Å². The number of aromatic hydroxyl groups is 1. The number of carbonyl (C=O) groups excluding carboxylic acids is 1. The predicted molar refractivity (Wildman–Crippen MR) is 98.3 cm³/mol. The highest BCUT2D eigenvalue weighted by Crippen LogP contribution is 2.40. The molecule has 9 heteroatoms. The third-order valence-corrected chi connectivity index (χ3v) is 4.85. The molecule has 0 bridgehead atoms. The summed E-state index contributed by atoms with van der Waals surface area (Å²) >= 11 is 0. The van der Waals surface area contributed by atoms with Crippen LogP contribution in [0.4, 0.5) is 19.0 Å². The molecule has 2 N–H and O–H groups in total. The number of hydrogen-bond acceptors (Lipinski definition) is 4. The lowest BCUT2D eigenvalue weighted by Gasteiger charge is -2.24. The molecule has 0 aliphatic carbocycles. The number of rotatable bonds is 3. The number of anilines is 1. The molecule has 0 saturated heterocycles. The highest BCUT2D eigenvalue weighted by Gasteiger charge is 2.32. The van der Waals surface area contributed by atoms with E-state index in [1.807, 2.05) is 0 Å². The highest BCUT2D eigenvalue weighted by molar-refractivity contribution is 5.94. The van der Waals surface area contributed by atoms with Crippen LogP contribution in [0, 0.1) is 0 Å². The van der Waals surface area contributed by atoms with Gasteiger partial charge in [-0.2, -0.15) is 13.2 Å². The van der Waals surface area contributed by atoms with E-state index in [-0.39, 0.29) is 29.7 Å². The number of fused-ring (bicyclic) bond motifs is 1. The van der Waals surface area contributed by atoms with E-state index in [1.54, 1.807) is 12.1 Å². The van der Waals surface area contributed by atoms with Gasteiger partial charge in [-0.1, -0.05) is 6.07 Å². The van der Waals surface area contributed by atoms with Crippen LogP contribution in [0.3, 0.4) is 0 Å². The zero-order chi connectivity index (χ0) is 20.8. The van der Waals surface area contributed by atoms with Crippen molar-refractivity contribution in [3.05, 3.63) is 65.6 Å². The van der Waals surface area contributed by atoms with Crippen molar-refractivity contribution in [1.82, 2.24) is 9.55 Å². The van der Waals surface area contributed by atoms with Crippen molar-refractivity contribution >= 4 is 11.7 Å². The van der Waals surface area contributed by atoms with Crippen molar-refractivity contribution in [3.8, 4) is 17.2 Å². The first-order valence-corrected chi connectivity index (χ1v) is 8.69. The fourth-order valence-electron chi connectivity index (χ4n) is 3.40. The van der Waals surface area contributed by atoms with Gasteiger partial charge < -0.3 is 15.2 Å². The van der Waals surface area contributed by atoms with Crippen LogP contribution in [-0.4, -0.2) is 27.7 Å². The van der Waals surface area contributed by atoms with Gasteiger partial charge in [0.25, 0.3) is 0 Å². The van der Waals surface area contributed by atoms with Crippen molar-refractivity contribution in [2.45, 2.75) is 18.5 Å². The fourth-order valence-corrected chi connectivity index (χ4v) is 3.40. The van der Waals surface area contributed by atoms with E-state index in [2.05, 4.69) is 10.3 Å². The predicted octanol–water partition coefficient (Wildman–Crippen LogP) is 4.08. The van der Waals surface area contributed by atoms with Crippen LogP contribution in [0.2, 0.25) is 0 Å². The number of hydrogen-bond donors (Lipinski definition) is 2.